The number of aromatic amines is 1. The number of amides is 1. The number of thiazole rings is 7. The molecular weight excluding hydrogens is 1820 g/mol. The van der Waals surface area contributed by atoms with Gasteiger partial charge < -0.3 is 23.8 Å². The van der Waals surface area contributed by atoms with E-state index in [0.717, 1.165) is 137 Å². The van der Waals surface area contributed by atoms with E-state index in [1.807, 2.05) is 150 Å². The van der Waals surface area contributed by atoms with E-state index in [9.17, 15) is 13.2 Å². The molecule has 2 fully saturated rings. The van der Waals surface area contributed by atoms with Crippen molar-refractivity contribution in [2.24, 2.45) is 20.0 Å². The summed E-state index contributed by atoms with van der Waals surface area (Å²) in [7, 11) is -0.147. The van der Waals surface area contributed by atoms with Gasteiger partial charge in [0.1, 0.15) is 91.8 Å². The Morgan fingerprint density at radius 3 is 1.48 bits per heavy atom. The quantitative estimate of drug-likeness (QED) is 0.0698. The van der Waals surface area contributed by atoms with Crippen LogP contribution in [0.1, 0.15) is 52.3 Å². The minimum atomic E-state index is -3.16. The largest absolute Gasteiger partial charge is 0.496 e. The molecule has 22 rings (SSSR count). The molecule has 0 aliphatic carbocycles. The number of rotatable bonds is 21. The van der Waals surface area contributed by atoms with Crippen LogP contribution < -0.4 is 18.9 Å². The van der Waals surface area contributed by atoms with Crippen molar-refractivity contribution in [3.05, 3.63) is 225 Å². The van der Waals surface area contributed by atoms with Gasteiger partial charge in [0, 0.05) is 155 Å². The SMILES string of the molecule is COc1cccc(F)c1-c1nc(-c2c(C)nn3ccc(OC4CCN(C(C)=O)CC4)cc23)sc1C1=NCC=N1.COc1cccc(F)c1-c1nc(-c2c(C)nn3ccc(OCCN4CCN(S(C)(=O)=O)CC4)cc23)sc1C1=NCC=N1.Cc1nn2ccsc2c1-c1nc(-c2ccccc2)c(-c2ccn[nH]2)s1.Cc1nn2ccsc2c1-c1nc(-c2ccccc2)c(-c2nccs2)s1. The molecule has 2 saturated heterocycles. The van der Waals surface area contributed by atoms with Crippen LogP contribution in [0.2, 0.25) is 0 Å². The summed E-state index contributed by atoms with van der Waals surface area (Å²) >= 11 is 11.2. The maximum Gasteiger partial charge on any atom is 0.219 e. The van der Waals surface area contributed by atoms with Gasteiger partial charge in [0.05, 0.1) is 139 Å². The highest BCUT2D eigenvalue weighted by Gasteiger charge is 2.33. The van der Waals surface area contributed by atoms with Crippen molar-refractivity contribution in [1.82, 2.24) is 87.7 Å². The molecule has 18 heterocycles. The topological polar surface area (TPSA) is 310 Å². The zero-order chi connectivity index (χ0) is 90.1. The monoisotopic (exact) mass is 1900 g/mol. The van der Waals surface area contributed by atoms with E-state index >= 15 is 8.78 Å². The molecule has 1 amide bonds. The number of sulfonamides is 1. The Morgan fingerprint density at radius 2 is 0.992 bits per heavy atom. The van der Waals surface area contributed by atoms with E-state index in [1.165, 1.54) is 59.6 Å². The molecule has 14 aromatic heterocycles. The van der Waals surface area contributed by atoms with Gasteiger partial charge in [-0.2, -0.15) is 29.8 Å². The van der Waals surface area contributed by atoms with Crippen molar-refractivity contribution >= 4 is 140 Å². The Labute approximate surface area is 777 Å². The first-order valence-electron chi connectivity index (χ1n) is 41.7. The number of carbonyl (C=O) groups is 1. The lowest BCUT2D eigenvalue weighted by Gasteiger charge is -2.33. The number of methoxy groups -OCH3 is 2. The Bertz CT molecular complexity index is 7310. The molecule has 4 aromatic carbocycles. The molecular formula is C92H82F2N22O7S8. The van der Waals surface area contributed by atoms with Gasteiger partial charge in [0.2, 0.25) is 15.9 Å². The normalized spacial score (nSPS) is 14.3. The number of aromatic nitrogens is 15. The second-order valence-corrected chi connectivity index (χ2v) is 39.3. The Morgan fingerprint density at radius 1 is 0.504 bits per heavy atom. The molecule has 0 saturated carbocycles. The van der Waals surface area contributed by atoms with E-state index < -0.39 is 21.7 Å². The summed E-state index contributed by atoms with van der Waals surface area (Å²) in [6.07, 6.45) is 17.6. The van der Waals surface area contributed by atoms with Crippen LogP contribution in [-0.4, -0.2) is 218 Å². The van der Waals surface area contributed by atoms with Crippen LogP contribution in [-0.2, 0) is 14.8 Å². The van der Waals surface area contributed by atoms with Crippen LogP contribution in [0.3, 0.4) is 0 Å². The van der Waals surface area contributed by atoms with Gasteiger partial charge >= 0.3 is 0 Å². The van der Waals surface area contributed by atoms with Gasteiger partial charge in [-0.1, -0.05) is 72.8 Å². The maximum absolute atomic E-state index is 15.2. The van der Waals surface area contributed by atoms with Crippen molar-refractivity contribution in [3.8, 4) is 131 Å². The number of benzene rings is 4. The second kappa shape index (κ2) is 37.9. The van der Waals surface area contributed by atoms with E-state index in [2.05, 4.69) is 85.0 Å². The number of H-pyrrole nitrogens is 1. The zero-order valence-corrected chi connectivity index (χ0v) is 78.3. The first-order valence-corrected chi connectivity index (χ1v) is 49.4. The van der Waals surface area contributed by atoms with Crippen LogP contribution >= 0.6 is 79.4 Å². The molecule has 0 atom stereocenters. The van der Waals surface area contributed by atoms with Gasteiger partial charge in [-0.3, -0.25) is 24.8 Å². The van der Waals surface area contributed by atoms with Crippen molar-refractivity contribution in [3.63, 3.8) is 0 Å². The number of halogens is 2. The molecule has 18 aromatic rings. The number of amidine groups is 2. The smallest absolute Gasteiger partial charge is 0.219 e. The summed E-state index contributed by atoms with van der Waals surface area (Å²) < 4.78 is 86.2. The number of carbonyl (C=O) groups excluding carboxylic acids is 1. The minimum absolute atomic E-state index is 0.0281. The van der Waals surface area contributed by atoms with Crippen LogP contribution in [0, 0.1) is 39.3 Å². The second-order valence-electron chi connectivity index (χ2n) is 30.6. The number of piperazine rings is 1. The highest BCUT2D eigenvalue weighted by atomic mass is 32.2. The average Bonchev–Trinajstić information content (AvgIpc) is 1.57. The lowest BCUT2D eigenvalue weighted by atomic mass is 10.1. The Balaban J connectivity index is 0.000000116. The molecule has 664 valence electrons. The Hall–Kier alpha value is -13.0. The first kappa shape index (κ1) is 87.4. The van der Waals surface area contributed by atoms with E-state index in [1.54, 1.807) is 116 Å². The number of fused-ring (bicyclic) bond motifs is 4. The fraction of sp³-hybridized carbons (Fsp3) is 0.228. The summed E-state index contributed by atoms with van der Waals surface area (Å²) in [5, 5.41) is 36.2. The van der Waals surface area contributed by atoms with Crippen molar-refractivity contribution < 1.29 is 40.9 Å². The van der Waals surface area contributed by atoms with Gasteiger partial charge in [-0.15, -0.1) is 79.4 Å². The van der Waals surface area contributed by atoms with Gasteiger partial charge in [-0.25, -0.2) is 70.2 Å². The molecule has 0 bridgehead atoms. The molecule has 0 unspecified atom stereocenters. The number of hydrogen-bond donors (Lipinski definition) is 1. The number of likely N-dealkylation sites (tertiary alicyclic amines) is 1. The number of aryl methyl sites for hydroxylation is 4. The summed E-state index contributed by atoms with van der Waals surface area (Å²) in [4.78, 5) is 63.7. The maximum atomic E-state index is 15.2. The van der Waals surface area contributed by atoms with Crippen LogP contribution in [0.5, 0.6) is 23.0 Å². The molecule has 29 nitrogen and oxygen atoms in total. The number of nitrogens with one attached hydrogen (secondary N) is 1. The van der Waals surface area contributed by atoms with Crippen LogP contribution in [0.25, 0.3) is 128 Å². The summed E-state index contributed by atoms with van der Waals surface area (Å²) in [5.74, 6) is 2.42. The van der Waals surface area contributed by atoms with Gasteiger partial charge in [0.15, 0.2) is 11.7 Å². The average molecular weight is 1900 g/mol. The third kappa shape index (κ3) is 18.0. The predicted molar refractivity (Wildman–Crippen MR) is 517 cm³/mol. The van der Waals surface area contributed by atoms with Crippen molar-refractivity contribution in [2.75, 3.05) is 86.0 Å². The third-order valence-corrected chi connectivity index (χ3v) is 30.5. The minimum Gasteiger partial charge on any atom is -0.496 e. The Kier molecular flexibility index (Phi) is 25.2. The van der Waals surface area contributed by atoms with Gasteiger partial charge in [-0.05, 0) is 70.2 Å². The fourth-order valence-corrected chi connectivity index (χ4v) is 24.0. The lowest BCUT2D eigenvalue weighted by molar-refractivity contribution is -0.130. The number of hydrogen-bond acceptors (Lipinski definition) is 29. The number of aliphatic imine (C=N–C) groups is 4. The molecule has 39 heteroatoms. The standard InChI is InChI=1S/C28H30FN7O4S2.C28H27FN6O3S.C18H13N5S2.C18H12N4S3/c1-18-23(28-32-25(26(41-28)27-30-8-9-31-27)24-20(29)5-4-6-22(24)39-2)21-17-19(7-10-36(21)33-18)40-16-15-34-11-13-35(14-12-34)42(3,37)38;1-16-23(21-15-19(9-14-35(21)33-16)38-18-7-12-34(13-8-18)17(2)36)28-32-25(26(39-28)27-30-10-11-31-27)24-20(29)5-4-6-22(24)37-3;1-11-14(18-23(22-11)9-10-24-18)17-20-15(12-5-3-2-4-6-12)16(25-17)13-7-8-19-21-13;1-11-13(18-22(21-11)8-10-24-18)16-20-14(12-5-3-2-4-6-12)15(25-16)17-19-7-9-23-17/h4-8,10,17H,9,11-16H2,1-3H3;4-6,9-10,14-15,18H,7-8,11-13H2,1-3H3;2-10H,1H3,(H,19,21);2-10H,1H3. The summed E-state index contributed by atoms with van der Waals surface area (Å²) in [6.45, 7) is 15.3. The van der Waals surface area contributed by atoms with Gasteiger partial charge in [0.25, 0.3) is 0 Å². The van der Waals surface area contributed by atoms with Crippen LogP contribution in [0.15, 0.2) is 201 Å². The summed E-state index contributed by atoms with van der Waals surface area (Å²) in [6, 6.07) is 39.6. The molecule has 0 radical (unpaired) electrons. The molecule has 1 N–H and O–H groups in total. The van der Waals surface area contributed by atoms with E-state index in [-0.39, 0.29) is 23.1 Å². The fourth-order valence-electron chi connectivity index (χ4n) is 16.0. The van der Waals surface area contributed by atoms with Crippen molar-refractivity contribution in [1.29, 1.82) is 0 Å². The first-order chi connectivity index (χ1) is 63.8. The number of nitrogens with zero attached hydrogens (tertiary/aromatic N) is 21. The molecule has 0 spiro atoms. The number of piperidine rings is 1. The zero-order valence-electron chi connectivity index (χ0n) is 71.8. The highest BCUT2D eigenvalue weighted by Crippen LogP contribution is 2.49. The van der Waals surface area contributed by atoms with E-state index in [0.29, 0.717) is 126 Å². The predicted octanol–water partition coefficient (Wildman–Crippen LogP) is 18.7. The van der Waals surface area contributed by atoms with Crippen LogP contribution in [0.4, 0.5) is 8.78 Å². The summed E-state index contributed by atoms with van der Waals surface area (Å²) in [5.41, 5.74) is 15.6. The van der Waals surface area contributed by atoms with Crippen molar-refractivity contribution in [2.45, 2.75) is 53.6 Å². The molecule has 131 heavy (non-hydrogen) atoms. The lowest BCUT2D eigenvalue weighted by Crippen LogP contribution is -2.49. The van der Waals surface area contributed by atoms with E-state index in [4.69, 9.17) is 44.0 Å². The number of ether oxygens (including phenoxy) is 4. The number of pyridine rings is 2. The molecule has 4 aliphatic rings. The third-order valence-electron chi connectivity index (χ3n) is 22.2. The highest BCUT2D eigenvalue weighted by molar-refractivity contribution is 7.88. The molecule has 4 aliphatic heterocycles.